The number of hydrogen-bond donors (Lipinski definition) is 2. The number of nitrogen functional groups attached to an aromatic ring is 1. The number of benzene rings is 1. The largest absolute Gasteiger partial charge is 0.381 e. The van der Waals surface area contributed by atoms with Crippen molar-refractivity contribution in [1.82, 2.24) is 9.97 Å². The molecule has 0 saturated heterocycles. The second kappa shape index (κ2) is 4.82. The standard InChI is InChI=1S/C13H16N4/c1-9-8-15-13(12(14)16-9)17-10(2)11-6-4-3-5-7-11/h3-8,10H,1-2H3,(H2,14,16)(H,15,17). The Bertz CT molecular complexity index is 496. The third kappa shape index (κ3) is 2.72. The minimum absolute atomic E-state index is 0.149. The van der Waals surface area contributed by atoms with Gasteiger partial charge in [-0.15, -0.1) is 0 Å². The van der Waals surface area contributed by atoms with E-state index < -0.39 is 0 Å². The predicted octanol–water partition coefficient (Wildman–Crippen LogP) is 2.54. The van der Waals surface area contributed by atoms with E-state index in [1.54, 1.807) is 6.20 Å². The Hall–Kier alpha value is -2.10. The van der Waals surface area contributed by atoms with E-state index in [1.165, 1.54) is 5.56 Å². The molecule has 0 bridgehead atoms. The van der Waals surface area contributed by atoms with Gasteiger partial charge in [-0.3, -0.25) is 0 Å². The smallest absolute Gasteiger partial charge is 0.169 e. The minimum Gasteiger partial charge on any atom is -0.381 e. The highest BCUT2D eigenvalue weighted by atomic mass is 15.1. The van der Waals surface area contributed by atoms with Gasteiger partial charge < -0.3 is 11.1 Å². The third-order valence-electron chi connectivity index (χ3n) is 2.57. The lowest BCUT2D eigenvalue weighted by atomic mass is 10.1. The van der Waals surface area contributed by atoms with Gasteiger partial charge in [0.1, 0.15) is 0 Å². The number of anilines is 2. The monoisotopic (exact) mass is 228 g/mol. The van der Waals surface area contributed by atoms with Gasteiger partial charge in [0.15, 0.2) is 11.6 Å². The lowest BCUT2D eigenvalue weighted by molar-refractivity contribution is 0.871. The number of aromatic nitrogens is 2. The van der Waals surface area contributed by atoms with Crippen molar-refractivity contribution in [2.45, 2.75) is 19.9 Å². The van der Waals surface area contributed by atoms with E-state index >= 15 is 0 Å². The summed E-state index contributed by atoms with van der Waals surface area (Å²) in [5.41, 5.74) is 7.82. The maximum absolute atomic E-state index is 5.81. The van der Waals surface area contributed by atoms with Gasteiger partial charge in [-0.1, -0.05) is 30.3 Å². The Labute approximate surface area is 101 Å². The lowest BCUT2D eigenvalue weighted by Gasteiger charge is -2.15. The van der Waals surface area contributed by atoms with Crippen LogP contribution in [0.1, 0.15) is 24.2 Å². The van der Waals surface area contributed by atoms with Gasteiger partial charge in [-0.25, -0.2) is 9.97 Å². The normalized spacial score (nSPS) is 12.1. The second-order valence-corrected chi connectivity index (χ2v) is 4.02. The van der Waals surface area contributed by atoms with Crippen LogP contribution in [-0.4, -0.2) is 9.97 Å². The summed E-state index contributed by atoms with van der Waals surface area (Å²) in [6, 6.07) is 10.3. The SMILES string of the molecule is Cc1cnc(NC(C)c2ccccc2)c(N)n1. The fraction of sp³-hybridized carbons (Fsp3) is 0.231. The molecule has 1 aromatic heterocycles. The number of nitrogens with two attached hydrogens (primary N) is 1. The summed E-state index contributed by atoms with van der Waals surface area (Å²) in [6.45, 7) is 3.93. The lowest BCUT2D eigenvalue weighted by Crippen LogP contribution is -2.11. The number of aryl methyl sites for hydroxylation is 1. The van der Waals surface area contributed by atoms with Crippen molar-refractivity contribution in [3.63, 3.8) is 0 Å². The molecule has 0 aliphatic heterocycles. The van der Waals surface area contributed by atoms with Crippen LogP contribution in [0.2, 0.25) is 0 Å². The fourth-order valence-electron chi connectivity index (χ4n) is 1.64. The van der Waals surface area contributed by atoms with Crippen LogP contribution < -0.4 is 11.1 Å². The Balaban J connectivity index is 2.16. The van der Waals surface area contributed by atoms with E-state index in [-0.39, 0.29) is 6.04 Å². The molecule has 1 unspecified atom stereocenters. The summed E-state index contributed by atoms with van der Waals surface area (Å²) in [6.07, 6.45) is 1.70. The topological polar surface area (TPSA) is 63.8 Å². The van der Waals surface area contributed by atoms with Gasteiger partial charge in [0.2, 0.25) is 0 Å². The zero-order chi connectivity index (χ0) is 12.3. The molecule has 4 heteroatoms. The van der Waals surface area contributed by atoms with E-state index in [2.05, 4.69) is 34.3 Å². The molecule has 2 rings (SSSR count). The molecule has 1 atom stereocenters. The third-order valence-corrected chi connectivity index (χ3v) is 2.57. The van der Waals surface area contributed by atoms with Crippen molar-refractivity contribution >= 4 is 11.6 Å². The van der Waals surface area contributed by atoms with Crippen LogP contribution in [0, 0.1) is 6.92 Å². The molecule has 0 amide bonds. The summed E-state index contributed by atoms with van der Waals surface area (Å²) in [5.74, 6) is 1.07. The molecule has 2 aromatic rings. The van der Waals surface area contributed by atoms with Gasteiger partial charge in [0, 0.05) is 0 Å². The van der Waals surface area contributed by atoms with Crippen LogP contribution in [-0.2, 0) is 0 Å². The quantitative estimate of drug-likeness (QED) is 0.847. The maximum atomic E-state index is 5.81. The highest BCUT2D eigenvalue weighted by molar-refractivity contribution is 5.56. The first-order chi connectivity index (χ1) is 8.16. The van der Waals surface area contributed by atoms with Crippen molar-refractivity contribution in [3.05, 3.63) is 47.8 Å². The predicted molar refractivity (Wildman–Crippen MR) is 69.7 cm³/mol. The molecule has 0 saturated carbocycles. The number of nitrogens with zero attached hydrogens (tertiary/aromatic N) is 2. The van der Waals surface area contributed by atoms with Gasteiger partial charge in [-0.05, 0) is 19.4 Å². The molecule has 0 fully saturated rings. The molecule has 0 aliphatic carbocycles. The number of hydrogen-bond acceptors (Lipinski definition) is 4. The highest BCUT2D eigenvalue weighted by Gasteiger charge is 2.08. The molecular weight excluding hydrogens is 212 g/mol. The second-order valence-electron chi connectivity index (χ2n) is 4.02. The Morgan fingerprint density at radius 2 is 1.94 bits per heavy atom. The Morgan fingerprint density at radius 1 is 1.24 bits per heavy atom. The zero-order valence-corrected chi connectivity index (χ0v) is 10.0. The molecule has 0 aliphatic rings. The van der Waals surface area contributed by atoms with Gasteiger partial charge >= 0.3 is 0 Å². The van der Waals surface area contributed by atoms with Crippen LogP contribution in [0.15, 0.2) is 36.5 Å². The molecule has 0 spiro atoms. The first-order valence-corrected chi connectivity index (χ1v) is 5.57. The summed E-state index contributed by atoms with van der Waals surface area (Å²) in [4.78, 5) is 8.42. The van der Waals surface area contributed by atoms with Crippen molar-refractivity contribution in [2.75, 3.05) is 11.1 Å². The first-order valence-electron chi connectivity index (χ1n) is 5.57. The van der Waals surface area contributed by atoms with E-state index in [4.69, 9.17) is 5.73 Å². The summed E-state index contributed by atoms with van der Waals surface area (Å²) in [7, 11) is 0. The molecule has 4 nitrogen and oxygen atoms in total. The molecule has 3 N–H and O–H groups in total. The van der Waals surface area contributed by atoms with Crippen molar-refractivity contribution in [1.29, 1.82) is 0 Å². The molecule has 0 radical (unpaired) electrons. The molecule has 88 valence electrons. The molecule has 17 heavy (non-hydrogen) atoms. The van der Waals surface area contributed by atoms with Gasteiger partial charge in [0.25, 0.3) is 0 Å². The molecule has 1 heterocycles. The van der Waals surface area contributed by atoms with Crippen molar-refractivity contribution < 1.29 is 0 Å². The number of rotatable bonds is 3. The zero-order valence-electron chi connectivity index (χ0n) is 10.0. The minimum atomic E-state index is 0.149. The van der Waals surface area contributed by atoms with Gasteiger partial charge in [-0.2, -0.15) is 0 Å². The van der Waals surface area contributed by atoms with Crippen molar-refractivity contribution in [3.8, 4) is 0 Å². The van der Waals surface area contributed by atoms with Crippen LogP contribution >= 0.6 is 0 Å². The van der Waals surface area contributed by atoms with Crippen LogP contribution in [0.25, 0.3) is 0 Å². The van der Waals surface area contributed by atoms with Crippen LogP contribution in [0.5, 0.6) is 0 Å². The fourth-order valence-corrected chi connectivity index (χ4v) is 1.64. The number of nitrogens with one attached hydrogen (secondary N) is 1. The summed E-state index contributed by atoms with van der Waals surface area (Å²) >= 11 is 0. The van der Waals surface area contributed by atoms with Crippen LogP contribution in [0.3, 0.4) is 0 Å². The summed E-state index contributed by atoms with van der Waals surface area (Å²) in [5, 5.41) is 3.26. The van der Waals surface area contributed by atoms with Gasteiger partial charge in [0.05, 0.1) is 17.9 Å². The van der Waals surface area contributed by atoms with Crippen molar-refractivity contribution in [2.24, 2.45) is 0 Å². The van der Waals surface area contributed by atoms with E-state index in [1.807, 2.05) is 25.1 Å². The first kappa shape index (κ1) is 11.4. The highest BCUT2D eigenvalue weighted by Crippen LogP contribution is 2.20. The molecular formula is C13H16N4. The Morgan fingerprint density at radius 3 is 2.59 bits per heavy atom. The molecule has 1 aromatic carbocycles. The van der Waals surface area contributed by atoms with E-state index in [9.17, 15) is 0 Å². The van der Waals surface area contributed by atoms with E-state index in [0.717, 1.165) is 5.69 Å². The maximum Gasteiger partial charge on any atom is 0.169 e. The van der Waals surface area contributed by atoms with Crippen LogP contribution in [0.4, 0.5) is 11.6 Å². The van der Waals surface area contributed by atoms with E-state index in [0.29, 0.717) is 11.6 Å². The Kier molecular flexibility index (Phi) is 3.23. The average molecular weight is 228 g/mol. The average Bonchev–Trinajstić information content (AvgIpc) is 2.34. The summed E-state index contributed by atoms with van der Waals surface area (Å²) < 4.78 is 0.